The van der Waals surface area contributed by atoms with E-state index in [4.69, 9.17) is 4.42 Å². The summed E-state index contributed by atoms with van der Waals surface area (Å²) >= 11 is 0. The van der Waals surface area contributed by atoms with Crippen LogP contribution in [0.5, 0.6) is 5.75 Å². The number of ether oxygens (including phenoxy) is 1. The van der Waals surface area contributed by atoms with E-state index in [0.29, 0.717) is 22.2 Å². The molecule has 4 rings (SSSR count). The molecule has 1 heterocycles. The zero-order valence-corrected chi connectivity index (χ0v) is 17.1. The zero-order chi connectivity index (χ0) is 23.2. The summed E-state index contributed by atoms with van der Waals surface area (Å²) in [6.07, 6.45) is 0. The fourth-order valence-electron chi connectivity index (χ4n) is 3.22. The maximum atomic E-state index is 14.3. The zero-order valence-electron chi connectivity index (χ0n) is 17.1. The van der Waals surface area contributed by atoms with E-state index < -0.39 is 40.5 Å². The van der Waals surface area contributed by atoms with Crippen LogP contribution in [0.2, 0.25) is 0 Å². The van der Waals surface area contributed by atoms with E-state index in [1.54, 1.807) is 25.1 Å². The number of carbonyl (C=O) groups excluding carboxylic acids is 1. The molecule has 0 aliphatic heterocycles. The average molecular weight is 444 g/mol. The molecule has 5 nitrogen and oxygen atoms in total. The number of anilines is 1. The first-order valence-corrected chi connectivity index (χ1v) is 9.40. The van der Waals surface area contributed by atoms with Crippen molar-refractivity contribution in [3.63, 3.8) is 0 Å². The molecule has 1 N–H and O–H groups in total. The van der Waals surface area contributed by atoms with Crippen LogP contribution in [0.4, 0.5) is 23.2 Å². The Bertz CT molecular complexity index is 1350. The first-order chi connectivity index (χ1) is 15.2. The number of halogens is 4. The Hall–Kier alpha value is -3.88. The van der Waals surface area contributed by atoms with Crippen LogP contribution in [0.25, 0.3) is 22.6 Å². The first kappa shape index (κ1) is 21.4. The molecule has 0 atom stereocenters. The lowest BCUT2D eigenvalue weighted by molar-refractivity contribution is 0.101. The van der Waals surface area contributed by atoms with Crippen molar-refractivity contribution in [1.29, 1.82) is 0 Å². The van der Waals surface area contributed by atoms with Gasteiger partial charge in [0.2, 0.25) is 17.5 Å². The lowest BCUT2D eigenvalue weighted by atomic mass is 10.1. The molecule has 0 saturated heterocycles. The molecule has 0 radical (unpaired) electrons. The quantitative estimate of drug-likeness (QED) is 0.313. The van der Waals surface area contributed by atoms with Crippen LogP contribution >= 0.6 is 0 Å². The van der Waals surface area contributed by atoms with Gasteiger partial charge in [0.15, 0.2) is 23.0 Å². The van der Waals surface area contributed by atoms with Gasteiger partial charge in [0.25, 0.3) is 5.91 Å². The van der Waals surface area contributed by atoms with Crippen LogP contribution in [-0.2, 0) is 0 Å². The van der Waals surface area contributed by atoms with Crippen LogP contribution in [0.3, 0.4) is 0 Å². The SMILES string of the molecule is COc1c(F)c(F)c(C(=O)Nc2cc(-c3nc4ccc(C)cc4o3)ccc2C)c(F)c1F. The van der Waals surface area contributed by atoms with Gasteiger partial charge in [-0.15, -0.1) is 0 Å². The maximum Gasteiger partial charge on any atom is 0.261 e. The molecule has 0 aliphatic rings. The number of aromatic nitrogens is 1. The molecule has 0 fully saturated rings. The third kappa shape index (κ3) is 3.55. The third-order valence-corrected chi connectivity index (χ3v) is 4.93. The highest BCUT2D eigenvalue weighted by Crippen LogP contribution is 2.32. The number of nitrogens with one attached hydrogen (secondary N) is 1. The van der Waals surface area contributed by atoms with E-state index in [2.05, 4.69) is 15.0 Å². The average Bonchev–Trinajstić information content (AvgIpc) is 3.17. The number of benzene rings is 3. The molecule has 0 bridgehead atoms. The van der Waals surface area contributed by atoms with Gasteiger partial charge in [0.1, 0.15) is 11.1 Å². The van der Waals surface area contributed by atoms with Gasteiger partial charge in [0, 0.05) is 11.3 Å². The monoisotopic (exact) mass is 444 g/mol. The molecule has 9 heteroatoms. The van der Waals surface area contributed by atoms with E-state index in [1.165, 1.54) is 6.07 Å². The molecule has 1 amide bonds. The molecule has 0 unspecified atom stereocenters. The van der Waals surface area contributed by atoms with Crippen molar-refractivity contribution >= 4 is 22.7 Å². The molecular formula is C23H16F4N2O3. The Kier molecular flexibility index (Phi) is 5.33. The molecule has 0 spiro atoms. The maximum absolute atomic E-state index is 14.3. The van der Waals surface area contributed by atoms with Gasteiger partial charge in [0.05, 0.1) is 7.11 Å². The molecular weight excluding hydrogens is 428 g/mol. The second kappa shape index (κ2) is 7.99. The summed E-state index contributed by atoms with van der Waals surface area (Å²) in [6.45, 7) is 3.54. The Morgan fingerprint density at radius 2 is 1.66 bits per heavy atom. The Balaban J connectivity index is 1.72. The van der Waals surface area contributed by atoms with E-state index in [9.17, 15) is 22.4 Å². The number of aryl methyl sites for hydroxylation is 2. The molecule has 0 aliphatic carbocycles. The highest BCUT2D eigenvalue weighted by Gasteiger charge is 2.30. The molecule has 1 aromatic heterocycles. The summed E-state index contributed by atoms with van der Waals surface area (Å²) in [6, 6.07) is 10.3. The summed E-state index contributed by atoms with van der Waals surface area (Å²) in [7, 11) is 0.850. The van der Waals surface area contributed by atoms with Crippen LogP contribution in [0, 0.1) is 37.1 Å². The van der Waals surface area contributed by atoms with Crippen LogP contribution in [-0.4, -0.2) is 18.0 Å². The summed E-state index contributed by atoms with van der Waals surface area (Å²) in [5.74, 6) is -9.68. The van der Waals surface area contributed by atoms with Crippen molar-refractivity contribution in [3.8, 4) is 17.2 Å². The number of rotatable bonds is 4. The second-order valence-electron chi connectivity index (χ2n) is 7.14. The molecule has 3 aromatic carbocycles. The summed E-state index contributed by atoms with van der Waals surface area (Å²) in [5.41, 5.74) is 1.95. The number of carbonyl (C=O) groups is 1. The minimum atomic E-state index is -1.86. The van der Waals surface area contributed by atoms with Crippen LogP contribution in [0.1, 0.15) is 21.5 Å². The van der Waals surface area contributed by atoms with Gasteiger partial charge in [-0.25, -0.2) is 13.8 Å². The van der Waals surface area contributed by atoms with E-state index in [1.807, 2.05) is 19.1 Å². The predicted molar refractivity (Wildman–Crippen MR) is 110 cm³/mol. The number of fused-ring (bicyclic) bond motifs is 1. The number of methoxy groups -OCH3 is 1. The highest BCUT2D eigenvalue weighted by molar-refractivity contribution is 6.05. The number of hydrogen-bond donors (Lipinski definition) is 1. The standard InChI is InChI=1S/C23H16F4N2O3/c1-10-4-7-13-15(8-10)32-23(29-13)12-6-5-11(2)14(9-12)28-22(30)16-17(24)19(26)21(31-3)20(27)18(16)25/h4-9H,1-3H3,(H,28,30). The van der Waals surface area contributed by atoms with Crippen molar-refractivity contribution < 1.29 is 31.5 Å². The smallest absolute Gasteiger partial charge is 0.261 e. The van der Waals surface area contributed by atoms with Crippen molar-refractivity contribution in [2.45, 2.75) is 13.8 Å². The number of amides is 1. The second-order valence-corrected chi connectivity index (χ2v) is 7.14. The fourth-order valence-corrected chi connectivity index (χ4v) is 3.22. The van der Waals surface area contributed by atoms with Crippen molar-refractivity contribution in [1.82, 2.24) is 4.98 Å². The Labute approximate surface area is 179 Å². The van der Waals surface area contributed by atoms with Crippen LogP contribution in [0.15, 0.2) is 40.8 Å². The van der Waals surface area contributed by atoms with E-state index >= 15 is 0 Å². The van der Waals surface area contributed by atoms with Gasteiger partial charge in [-0.2, -0.15) is 8.78 Å². The van der Waals surface area contributed by atoms with Crippen molar-refractivity contribution in [2.24, 2.45) is 0 Å². The molecule has 32 heavy (non-hydrogen) atoms. The minimum Gasteiger partial charge on any atom is -0.491 e. The van der Waals surface area contributed by atoms with E-state index in [0.717, 1.165) is 12.7 Å². The van der Waals surface area contributed by atoms with E-state index in [-0.39, 0.29) is 11.6 Å². The van der Waals surface area contributed by atoms with Gasteiger partial charge in [-0.3, -0.25) is 4.79 Å². The largest absolute Gasteiger partial charge is 0.491 e. The highest BCUT2D eigenvalue weighted by atomic mass is 19.2. The number of hydrogen-bond acceptors (Lipinski definition) is 4. The van der Waals surface area contributed by atoms with Crippen molar-refractivity contribution in [3.05, 3.63) is 76.4 Å². The van der Waals surface area contributed by atoms with Gasteiger partial charge in [-0.05, 0) is 49.2 Å². The van der Waals surface area contributed by atoms with Gasteiger partial charge in [-0.1, -0.05) is 12.1 Å². The fraction of sp³-hybridized carbons (Fsp3) is 0.130. The number of oxazole rings is 1. The summed E-state index contributed by atoms with van der Waals surface area (Å²) in [5, 5.41) is 2.29. The predicted octanol–water partition coefficient (Wildman–Crippen LogP) is 5.93. The lowest BCUT2D eigenvalue weighted by Gasteiger charge is -2.13. The van der Waals surface area contributed by atoms with Crippen LogP contribution < -0.4 is 10.1 Å². The third-order valence-electron chi connectivity index (χ3n) is 4.93. The molecule has 4 aromatic rings. The number of nitrogens with zero attached hydrogens (tertiary/aromatic N) is 1. The lowest BCUT2D eigenvalue weighted by Crippen LogP contribution is -2.19. The minimum absolute atomic E-state index is 0.154. The Morgan fingerprint density at radius 3 is 2.31 bits per heavy atom. The normalized spacial score (nSPS) is 11.1. The first-order valence-electron chi connectivity index (χ1n) is 9.40. The summed E-state index contributed by atoms with van der Waals surface area (Å²) in [4.78, 5) is 16.9. The van der Waals surface area contributed by atoms with Gasteiger partial charge >= 0.3 is 0 Å². The topological polar surface area (TPSA) is 64.4 Å². The van der Waals surface area contributed by atoms with Crippen molar-refractivity contribution in [2.75, 3.05) is 12.4 Å². The van der Waals surface area contributed by atoms with Gasteiger partial charge < -0.3 is 14.5 Å². The Morgan fingerprint density at radius 1 is 0.969 bits per heavy atom. The molecule has 0 saturated carbocycles. The molecule has 164 valence electrons. The summed E-state index contributed by atoms with van der Waals surface area (Å²) < 4.78 is 66.6.